The van der Waals surface area contributed by atoms with Gasteiger partial charge < -0.3 is 30.1 Å². The Morgan fingerprint density at radius 1 is 1.00 bits per heavy atom. The third-order valence-corrected chi connectivity index (χ3v) is 6.98. The number of amides is 3. The maximum Gasteiger partial charge on any atom is 0.339 e. The number of hydrogen-bond acceptors (Lipinski definition) is 7. The minimum Gasteiger partial charge on any atom is -0.492 e. The second kappa shape index (κ2) is 13.3. The van der Waals surface area contributed by atoms with Gasteiger partial charge in [0, 0.05) is 25.2 Å². The van der Waals surface area contributed by atoms with E-state index < -0.39 is 24.1 Å². The van der Waals surface area contributed by atoms with Crippen LogP contribution < -0.4 is 15.4 Å². The maximum absolute atomic E-state index is 13.1. The summed E-state index contributed by atoms with van der Waals surface area (Å²) in [5.41, 5.74) is 1.01. The molecule has 0 aliphatic carbocycles. The van der Waals surface area contributed by atoms with Crippen LogP contribution in [0.2, 0.25) is 0 Å². The lowest BCUT2D eigenvalue weighted by molar-refractivity contribution is 0.0601. The first-order valence-corrected chi connectivity index (χ1v) is 13.1. The first-order valence-electron chi connectivity index (χ1n) is 13.1. The summed E-state index contributed by atoms with van der Waals surface area (Å²) in [5, 5.41) is 16.3. The number of methoxy groups -OCH3 is 1. The van der Waals surface area contributed by atoms with Crippen molar-refractivity contribution in [2.24, 2.45) is 0 Å². The molecule has 2 aliphatic rings. The molecule has 2 unspecified atom stereocenters. The molecule has 0 bridgehead atoms. The summed E-state index contributed by atoms with van der Waals surface area (Å²) in [6, 6.07) is 12.4. The van der Waals surface area contributed by atoms with Gasteiger partial charge in [-0.2, -0.15) is 0 Å². The summed E-state index contributed by atoms with van der Waals surface area (Å²) in [4.78, 5) is 42.0. The molecule has 2 atom stereocenters. The summed E-state index contributed by atoms with van der Waals surface area (Å²) in [5.74, 6) is -0.193. The van der Waals surface area contributed by atoms with Gasteiger partial charge >= 0.3 is 12.0 Å². The van der Waals surface area contributed by atoms with Crippen molar-refractivity contribution < 1.29 is 29.0 Å². The largest absolute Gasteiger partial charge is 0.492 e. The number of hydrogen-bond donors (Lipinski definition) is 3. The minimum absolute atomic E-state index is 0.122. The predicted octanol–water partition coefficient (Wildman–Crippen LogP) is 2.74. The van der Waals surface area contributed by atoms with Gasteiger partial charge in [-0.05, 0) is 75.2 Å². The van der Waals surface area contributed by atoms with Crippen molar-refractivity contribution >= 4 is 23.6 Å². The number of nitrogens with zero attached hydrogens (tertiary/aromatic N) is 2. The van der Waals surface area contributed by atoms with Gasteiger partial charge in [0.2, 0.25) is 0 Å². The zero-order chi connectivity index (χ0) is 26.9. The molecule has 3 amide bonds. The second-order valence-corrected chi connectivity index (χ2v) is 9.62. The van der Waals surface area contributed by atoms with Crippen LogP contribution in [-0.2, 0) is 4.74 Å². The molecule has 0 saturated carbocycles. The SMILES string of the molecule is COC(=O)c1ccccc1NC(=O)N1CCCC(O)C(NC(=O)c2ccc(OCCN3CCCC3)cc2)C1. The molecule has 10 nitrogen and oxygen atoms in total. The third-order valence-electron chi connectivity index (χ3n) is 6.98. The Balaban J connectivity index is 1.33. The van der Waals surface area contributed by atoms with Gasteiger partial charge in [-0.15, -0.1) is 0 Å². The first kappa shape index (κ1) is 27.4. The monoisotopic (exact) mass is 524 g/mol. The van der Waals surface area contributed by atoms with E-state index in [0.717, 1.165) is 19.6 Å². The van der Waals surface area contributed by atoms with E-state index in [1.807, 2.05) is 0 Å². The van der Waals surface area contributed by atoms with Gasteiger partial charge in [0.05, 0.1) is 30.5 Å². The lowest BCUT2D eigenvalue weighted by atomic mass is 10.1. The molecule has 2 saturated heterocycles. The summed E-state index contributed by atoms with van der Waals surface area (Å²) in [7, 11) is 1.28. The van der Waals surface area contributed by atoms with E-state index in [0.29, 0.717) is 43.0 Å². The summed E-state index contributed by atoms with van der Waals surface area (Å²) in [6.45, 7) is 4.25. The number of anilines is 1. The standard InChI is InChI=1S/C28H36N4O6/c1-37-27(35)22-7-2-3-8-23(22)30-28(36)32-16-6-9-25(33)24(19-32)29-26(34)20-10-12-21(13-11-20)38-18-17-31-14-4-5-15-31/h2-3,7-8,10-13,24-25,33H,4-6,9,14-19H2,1H3,(H,29,34)(H,30,36). The Morgan fingerprint density at radius 3 is 2.47 bits per heavy atom. The van der Waals surface area contributed by atoms with E-state index >= 15 is 0 Å². The van der Waals surface area contributed by atoms with Crippen molar-refractivity contribution in [3.8, 4) is 5.75 Å². The number of likely N-dealkylation sites (tertiary alicyclic amines) is 2. The van der Waals surface area contributed by atoms with Gasteiger partial charge in [0.25, 0.3) is 5.91 Å². The van der Waals surface area contributed by atoms with Gasteiger partial charge in [0.15, 0.2) is 0 Å². The predicted molar refractivity (Wildman–Crippen MR) is 142 cm³/mol. The highest BCUT2D eigenvalue weighted by molar-refractivity contribution is 6.00. The van der Waals surface area contributed by atoms with Crippen molar-refractivity contribution in [3.63, 3.8) is 0 Å². The molecule has 0 aromatic heterocycles. The smallest absolute Gasteiger partial charge is 0.339 e. The van der Waals surface area contributed by atoms with Crippen LogP contribution in [0.3, 0.4) is 0 Å². The molecule has 204 valence electrons. The first-order chi connectivity index (χ1) is 18.4. The zero-order valence-corrected chi connectivity index (χ0v) is 21.7. The Bertz CT molecular complexity index is 1100. The molecular weight excluding hydrogens is 488 g/mol. The van der Waals surface area contributed by atoms with Gasteiger partial charge in [-0.25, -0.2) is 9.59 Å². The average molecular weight is 525 g/mol. The van der Waals surface area contributed by atoms with Crippen molar-refractivity contribution in [1.82, 2.24) is 15.1 Å². The van der Waals surface area contributed by atoms with Crippen LogP contribution in [0.15, 0.2) is 48.5 Å². The van der Waals surface area contributed by atoms with Crippen LogP contribution in [0.1, 0.15) is 46.4 Å². The average Bonchev–Trinajstić information content (AvgIpc) is 3.38. The quantitative estimate of drug-likeness (QED) is 0.454. The number of urea groups is 1. The number of para-hydroxylation sites is 1. The highest BCUT2D eigenvalue weighted by atomic mass is 16.5. The minimum atomic E-state index is -0.799. The van der Waals surface area contributed by atoms with Gasteiger partial charge in [-0.3, -0.25) is 9.69 Å². The van der Waals surface area contributed by atoms with Crippen LogP contribution in [0.25, 0.3) is 0 Å². The maximum atomic E-state index is 13.1. The lowest BCUT2D eigenvalue weighted by Crippen LogP contribution is -2.50. The second-order valence-electron chi connectivity index (χ2n) is 9.62. The van der Waals surface area contributed by atoms with E-state index in [2.05, 4.69) is 15.5 Å². The lowest BCUT2D eigenvalue weighted by Gasteiger charge is -2.27. The third kappa shape index (κ3) is 7.23. The topological polar surface area (TPSA) is 120 Å². The molecule has 2 aliphatic heterocycles. The van der Waals surface area contributed by atoms with Crippen LogP contribution in [-0.4, -0.2) is 91.4 Å². The highest BCUT2D eigenvalue weighted by Gasteiger charge is 2.30. The fourth-order valence-corrected chi connectivity index (χ4v) is 4.80. The molecule has 38 heavy (non-hydrogen) atoms. The van der Waals surface area contributed by atoms with Gasteiger partial charge in [0.1, 0.15) is 12.4 Å². The number of rotatable bonds is 8. The fraction of sp³-hybridized carbons (Fsp3) is 0.464. The molecular formula is C28H36N4O6. The summed E-state index contributed by atoms with van der Waals surface area (Å²) >= 11 is 0. The molecule has 2 fully saturated rings. The number of ether oxygens (including phenoxy) is 2. The number of aliphatic hydroxyl groups excluding tert-OH is 1. The van der Waals surface area contributed by atoms with E-state index in [9.17, 15) is 19.5 Å². The number of esters is 1. The number of carbonyl (C=O) groups is 3. The van der Waals surface area contributed by atoms with E-state index in [1.165, 1.54) is 24.9 Å². The number of carbonyl (C=O) groups excluding carboxylic acids is 3. The Kier molecular flexibility index (Phi) is 9.56. The molecule has 2 heterocycles. The molecule has 2 aromatic rings. The zero-order valence-electron chi connectivity index (χ0n) is 21.7. The fourth-order valence-electron chi connectivity index (χ4n) is 4.80. The number of nitrogens with one attached hydrogen (secondary N) is 2. The molecule has 10 heteroatoms. The molecule has 0 radical (unpaired) electrons. The summed E-state index contributed by atoms with van der Waals surface area (Å²) < 4.78 is 10.6. The van der Waals surface area contributed by atoms with Gasteiger partial charge in [-0.1, -0.05) is 12.1 Å². The normalized spacial score (nSPS) is 19.9. The van der Waals surface area contributed by atoms with E-state index in [-0.39, 0.29) is 18.0 Å². The van der Waals surface area contributed by atoms with Crippen molar-refractivity contribution in [2.75, 3.05) is 51.8 Å². The molecule has 2 aromatic carbocycles. The Hall–Kier alpha value is -3.63. The van der Waals surface area contributed by atoms with Crippen molar-refractivity contribution in [2.45, 2.75) is 37.8 Å². The van der Waals surface area contributed by atoms with Crippen LogP contribution in [0.4, 0.5) is 10.5 Å². The van der Waals surface area contributed by atoms with Crippen molar-refractivity contribution in [1.29, 1.82) is 0 Å². The number of aliphatic hydroxyl groups is 1. The highest BCUT2D eigenvalue weighted by Crippen LogP contribution is 2.19. The Labute approximate surface area is 222 Å². The Morgan fingerprint density at radius 2 is 1.74 bits per heavy atom. The van der Waals surface area contributed by atoms with E-state index in [4.69, 9.17) is 9.47 Å². The van der Waals surface area contributed by atoms with Crippen LogP contribution in [0, 0.1) is 0 Å². The molecule has 3 N–H and O–H groups in total. The van der Waals surface area contributed by atoms with Crippen LogP contribution in [0.5, 0.6) is 5.75 Å². The van der Waals surface area contributed by atoms with Crippen molar-refractivity contribution in [3.05, 3.63) is 59.7 Å². The number of benzene rings is 2. The van der Waals surface area contributed by atoms with Crippen LogP contribution >= 0.6 is 0 Å². The summed E-state index contributed by atoms with van der Waals surface area (Å²) in [6.07, 6.45) is 2.70. The molecule has 4 rings (SSSR count). The van der Waals surface area contributed by atoms with E-state index in [1.54, 1.807) is 48.5 Å². The molecule has 0 spiro atoms.